The van der Waals surface area contributed by atoms with Crippen LogP contribution < -0.4 is 14.8 Å². The highest BCUT2D eigenvalue weighted by Crippen LogP contribution is 2.30. The molecule has 0 radical (unpaired) electrons. The van der Waals surface area contributed by atoms with E-state index in [-0.39, 0.29) is 29.8 Å². The Morgan fingerprint density at radius 3 is 2.42 bits per heavy atom. The highest BCUT2D eigenvalue weighted by atomic mass is 32.2. The van der Waals surface area contributed by atoms with Crippen LogP contribution in [-0.2, 0) is 14.8 Å². The van der Waals surface area contributed by atoms with Gasteiger partial charge >= 0.3 is 0 Å². The molecule has 1 N–H and O–H groups in total. The van der Waals surface area contributed by atoms with Gasteiger partial charge in [-0.25, -0.2) is 8.42 Å². The molecule has 0 bridgehead atoms. The smallest absolute Gasteiger partial charge is 0.245 e. The molecule has 4 rings (SSSR count). The van der Waals surface area contributed by atoms with Crippen LogP contribution in [0.2, 0.25) is 0 Å². The van der Waals surface area contributed by atoms with Crippen LogP contribution >= 0.6 is 11.7 Å². The largest absolute Gasteiger partial charge is 0.497 e. The Morgan fingerprint density at radius 1 is 1.10 bits per heavy atom. The van der Waals surface area contributed by atoms with Gasteiger partial charge in [0.2, 0.25) is 15.9 Å². The molecule has 1 amide bonds. The van der Waals surface area contributed by atoms with Crippen molar-refractivity contribution in [3.63, 3.8) is 0 Å². The molecule has 1 aromatic heterocycles. The number of benzene rings is 2. The third kappa shape index (κ3) is 4.34. The fourth-order valence-electron chi connectivity index (χ4n) is 3.61. The van der Waals surface area contributed by atoms with Gasteiger partial charge in [-0.05, 0) is 25.0 Å². The van der Waals surface area contributed by atoms with Gasteiger partial charge in [0.25, 0.3) is 0 Å². The summed E-state index contributed by atoms with van der Waals surface area (Å²) in [5.41, 5.74) is 1.52. The van der Waals surface area contributed by atoms with Gasteiger partial charge in [0.1, 0.15) is 27.4 Å². The molecular formula is C20H22N4O5S2. The summed E-state index contributed by atoms with van der Waals surface area (Å²) < 4.78 is 46.4. The second-order valence-electron chi connectivity index (χ2n) is 7.16. The number of hydrogen-bond donors (Lipinski definition) is 1. The van der Waals surface area contributed by atoms with E-state index in [4.69, 9.17) is 9.47 Å². The van der Waals surface area contributed by atoms with Crippen LogP contribution in [0.5, 0.6) is 11.5 Å². The van der Waals surface area contributed by atoms with Gasteiger partial charge < -0.3 is 14.8 Å². The molecule has 1 fully saturated rings. The molecule has 1 aliphatic rings. The zero-order valence-corrected chi connectivity index (χ0v) is 18.7. The Hall–Kier alpha value is -2.76. The van der Waals surface area contributed by atoms with Gasteiger partial charge in [-0.15, -0.1) is 0 Å². The molecule has 0 atom stereocenters. The molecule has 0 aliphatic carbocycles. The summed E-state index contributed by atoms with van der Waals surface area (Å²) in [5.74, 6) is 0.695. The highest BCUT2D eigenvalue weighted by molar-refractivity contribution is 7.89. The molecule has 1 saturated heterocycles. The first-order chi connectivity index (χ1) is 14.9. The maximum Gasteiger partial charge on any atom is 0.245 e. The van der Waals surface area contributed by atoms with Gasteiger partial charge in [0.15, 0.2) is 0 Å². The van der Waals surface area contributed by atoms with Crippen molar-refractivity contribution in [2.75, 3.05) is 32.6 Å². The predicted molar refractivity (Wildman–Crippen MR) is 117 cm³/mol. The maximum atomic E-state index is 13.1. The van der Waals surface area contributed by atoms with Crippen LogP contribution in [0, 0.1) is 5.92 Å². The molecule has 0 spiro atoms. The number of rotatable bonds is 6. The van der Waals surface area contributed by atoms with E-state index in [1.807, 2.05) is 0 Å². The third-order valence-corrected chi connectivity index (χ3v) is 7.78. The van der Waals surface area contributed by atoms with E-state index in [9.17, 15) is 13.2 Å². The van der Waals surface area contributed by atoms with Crippen LogP contribution in [0.25, 0.3) is 11.0 Å². The molecule has 11 heteroatoms. The number of carbonyl (C=O) groups is 1. The van der Waals surface area contributed by atoms with Gasteiger partial charge in [0, 0.05) is 42.9 Å². The van der Waals surface area contributed by atoms with Crippen molar-refractivity contribution in [1.82, 2.24) is 13.1 Å². The number of nitrogens with one attached hydrogen (secondary N) is 1. The number of methoxy groups -OCH3 is 2. The summed E-state index contributed by atoms with van der Waals surface area (Å²) in [7, 11) is -0.631. The van der Waals surface area contributed by atoms with Gasteiger partial charge in [-0.3, -0.25) is 4.79 Å². The van der Waals surface area contributed by atoms with E-state index in [0.717, 1.165) is 11.7 Å². The quantitative estimate of drug-likeness (QED) is 0.600. The molecule has 2 aromatic carbocycles. The van der Waals surface area contributed by atoms with Crippen molar-refractivity contribution < 1.29 is 22.7 Å². The first kappa shape index (κ1) is 21.5. The summed E-state index contributed by atoms with van der Waals surface area (Å²) in [4.78, 5) is 12.9. The number of amides is 1. The van der Waals surface area contributed by atoms with Crippen molar-refractivity contribution in [3.8, 4) is 11.5 Å². The summed E-state index contributed by atoms with van der Waals surface area (Å²) in [6.45, 7) is 0.519. The molecule has 164 valence electrons. The van der Waals surface area contributed by atoms with E-state index in [0.29, 0.717) is 41.1 Å². The number of carbonyl (C=O) groups excluding carboxylic acids is 1. The maximum absolute atomic E-state index is 13.1. The minimum Gasteiger partial charge on any atom is -0.497 e. The van der Waals surface area contributed by atoms with Gasteiger partial charge in [-0.2, -0.15) is 13.1 Å². The lowest BCUT2D eigenvalue weighted by Gasteiger charge is -2.30. The summed E-state index contributed by atoms with van der Waals surface area (Å²) >= 11 is 0.986. The highest BCUT2D eigenvalue weighted by Gasteiger charge is 2.33. The van der Waals surface area contributed by atoms with Gasteiger partial charge in [0.05, 0.1) is 25.9 Å². The number of ether oxygens (including phenoxy) is 2. The lowest BCUT2D eigenvalue weighted by atomic mass is 9.97. The number of aromatic nitrogens is 2. The van der Waals surface area contributed by atoms with Crippen LogP contribution in [0.4, 0.5) is 5.69 Å². The number of sulfonamides is 1. The van der Waals surface area contributed by atoms with Crippen molar-refractivity contribution in [3.05, 3.63) is 36.4 Å². The first-order valence-electron chi connectivity index (χ1n) is 9.67. The van der Waals surface area contributed by atoms with Crippen molar-refractivity contribution in [2.45, 2.75) is 17.7 Å². The number of fused-ring (bicyclic) bond motifs is 1. The molecule has 31 heavy (non-hydrogen) atoms. The number of hydrogen-bond acceptors (Lipinski definition) is 8. The summed E-state index contributed by atoms with van der Waals surface area (Å²) in [6.07, 6.45) is 0.856. The van der Waals surface area contributed by atoms with Crippen molar-refractivity contribution in [1.29, 1.82) is 0 Å². The van der Waals surface area contributed by atoms with Crippen LogP contribution in [0.1, 0.15) is 12.8 Å². The second kappa shape index (κ2) is 8.77. The first-order valence-corrected chi connectivity index (χ1v) is 11.8. The molecule has 0 saturated carbocycles. The van der Waals surface area contributed by atoms with E-state index >= 15 is 0 Å². The Kier molecular flexibility index (Phi) is 6.08. The molecule has 2 heterocycles. The molecule has 0 unspecified atom stereocenters. The fraction of sp³-hybridized carbons (Fsp3) is 0.350. The predicted octanol–water partition coefficient (Wildman–Crippen LogP) is 2.75. The van der Waals surface area contributed by atoms with E-state index in [2.05, 4.69) is 14.1 Å². The summed E-state index contributed by atoms with van der Waals surface area (Å²) in [5, 5.41) is 2.88. The van der Waals surface area contributed by atoms with Crippen LogP contribution in [0.3, 0.4) is 0 Å². The number of anilines is 1. The van der Waals surface area contributed by atoms with Gasteiger partial charge in [-0.1, -0.05) is 6.07 Å². The minimum absolute atomic E-state index is 0.154. The standard InChI is InChI=1S/C20H22N4O5S2/c1-28-15-10-14(11-16(12-15)29-2)21-20(25)13-6-8-24(9-7-13)31(26,27)18-5-3-4-17-19(18)23-30-22-17/h3-5,10-13H,6-9H2,1-2H3,(H,21,25). The Morgan fingerprint density at radius 2 is 1.77 bits per heavy atom. The molecule has 9 nitrogen and oxygen atoms in total. The van der Waals surface area contributed by atoms with Crippen LogP contribution in [0.15, 0.2) is 41.3 Å². The number of nitrogens with zero attached hydrogens (tertiary/aromatic N) is 3. The molecule has 1 aliphatic heterocycles. The number of piperidine rings is 1. The van der Waals surface area contributed by atoms with Crippen molar-refractivity contribution >= 4 is 44.4 Å². The van der Waals surface area contributed by atoms with Crippen molar-refractivity contribution in [2.24, 2.45) is 5.92 Å². The minimum atomic E-state index is -3.71. The van der Waals surface area contributed by atoms with E-state index < -0.39 is 10.0 Å². The Balaban J connectivity index is 1.44. The zero-order chi connectivity index (χ0) is 22.0. The molecule has 3 aromatic rings. The average Bonchev–Trinajstić information content (AvgIpc) is 3.27. The fourth-order valence-corrected chi connectivity index (χ4v) is 5.83. The zero-order valence-electron chi connectivity index (χ0n) is 17.1. The molecular weight excluding hydrogens is 440 g/mol. The van der Waals surface area contributed by atoms with E-state index in [1.165, 1.54) is 4.31 Å². The second-order valence-corrected chi connectivity index (χ2v) is 9.59. The van der Waals surface area contributed by atoms with Crippen LogP contribution in [-0.4, -0.2) is 54.7 Å². The SMILES string of the molecule is COc1cc(NC(=O)C2CCN(S(=O)(=O)c3cccc4nsnc34)CC2)cc(OC)c1. The van der Waals surface area contributed by atoms with E-state index in [1.54, 1.807) is 50.6 Å². The lowest BCUT2D eigenvalue weighted by Crippen LogP contribution is -2.41. The lowest BCUT2D eigenvalue weighted by molar-refractivity contribution is -0.120. The topological polar surface area (TPSA) is 111 Å². The monoisotopic (exact) mass is 462 g/mol. The Labute approximate surface area is 184 Å². The average molecular weight is 463 g/mol. The Bertz CT molecular complexity index is 1180. The third-order valence-electron chi connectivity index (χ3n) is 5.31. The summed E-state index contributed by atoms with van der Waals surface area (Å²) in [6, 6.07) is 10.1. The normalized spacial score (nSPS) is 15.7.